The molecule has 0 atom stereocenters. The molecule has 1 spiro atoms. The maximum Gasteiger partial charge on any atom is 0.415 e. The molecule has 2 aliphatic rings. The van der Waals surface area contributed by atoms with E-state index in [1.165, 1.54) is 12.1 Å². The zero-order chi connectivity index (χ0) is 22.2. The standard InChI is InChI=1S/C22H21BrClFN2O4/c23-18-6-3-15(11-25)19(24)17(18)12-26-9-7-22(8-10-26)13-27(21(30)31-22)16-4-1-14(2-5-16)20(28)29/h1-6H,7-13H2,(H,28,29). The second kappa shape index (κ2) is 8.76. The van der Waals surface area contributed by atoms with E-state index >= 15 is 0 Å². The molecule has 6 nitrogen and oxygen atoms in total. The maximum absolute atomic E-state index is 13.2. The first kappa shape index (κ1) is 22.0. The van der Waals surface area contributed by atoms with Gasteiger partial charge in [-0.2, -0.15) is 0 Å². The molecule has 2 aliphatic heterocycles. The Morgan fingerprint density at radius 3 is 2.48 bits per heavy atom. The average molecular weight is 512 g/mol. The lowest BCUT2D eigenvalue weighted by Crippen LogP contribution is -2.46. The van der Waals surface area contributed by atoms with Crippen molar-refractivity contribution >= 4 is 45.3 Å². The van der Waals surface area contributed by atoms with Crippen molar-refractivity contribution in [3.63, 3.8) is 0 Å². The fourth-order valence-electron chi connectivity index (χ4n) is 4.10. The minimum absolute atomic E-state index is 0.168. The van der Waals surface area contributed by atoms with E-state index in [9.17, 15) is 14.0 Å². The van der Waals surface area contributed by atoms with Gasteiger partial charge in [-0.3, -0.25) is 9.80 Å². The summed E-state index contributed by atoms with van der Waals surface area (Å²) in [6.07, 6.45) is 0.916. The van der Waals surface area contributed by atoms with E-state index in [1.807, 2.05) is 6.07 Å². The van der Waals surface area contributed by atoms with Crippen LogP contribution in [0.1, 0.15) is 34.3 Å². The van der Waals surface area contributed by atoms with Gasteiger partial charge >= 0.3 is 12.1 Å². The van der Waals surface area contributed by atoms with Gasteiger partial charge in [0.1, 0.15) is 12.3 Å². The number of amides is 1. The highest BCUT2D eigenvalue weighted by Crippen LogP contribution is 2.37. The predicted molar refractivity (Wildman–Crippen MR) is 118 cm³/mol. The summed E-state index contributed by atoms with van der Waals surface area (Å²) in [7, 11) is 0. The molecule has 0 aliphatic carbocycles. The molecule has 2 heterocycles. The number of nitrogens with zero attached hydrogens (tertiary/aromatic N) is 2. The van der Waals surface area contributed by atoms with Gasteiger partial charge in [0.15, 0.2) is 0 Å². The molecule has 0 saturated carbocycles. The van der Waals surface area contributed by atoms with Crippen LogP contribution in [0, 0.1) is 0 Å². The third-order valence-electron chi connectivity index (χ3n) is 5.96. The lowest BCUT2D eigenvalue weighted by Gasteiger charge is -2.37. The third kappa shape index (κ3) is 4.42. The number of carboxylic acids is 1. The van der Waals surface area contributed by atoms with Crippen LogP contribution in [0.25, 0.3) is 0 Å². The van der Waals surface area contributed by atoms with Gasteiger partial charge in [0, 0.05) is 48.2 Å². The number of carbonyl (C=O) groups is 2. The number of aromatic carboxylic acids is 1. The van der Waals surface area contributed by atoms with E-state index in [-0.39, 0.29) is 5.56 Å². The Morgan fingerprint density at radius 2 is 1.87 bits per heavy atom. The van der Waals surface area contributed by atoms with Crippen molar-refractivity contribution in [1.29, 1.82) is 0 Å². The number of likely N-dealkylation sites (tertiary alicyclic amines) is 1. The fraction of sp³-hybridized carbons (Fsp3) is 0.364. The van der Waals surface area contributed by atoms with E-state index in [4.69, 9.17) is 21.4 Å². The van der Waals surface area contributed by atoms with Crippen molar-refractivity contribution in [2.24, 2.45) is 0 Å². The number of carbonyl (C=O) groups excluding carboxylic acids is 1. The van der Waals surface area contributed by atoms with Crippen LogP contribution in [-0.2, 0) is 18.0 Å². The zero-order valence-electron chi connectivity index (χ0n) is 16.6. The van der Waals surface area contributed by atoms with Crippen LogP contribution in [0.5, 0.6) is 0 Å². The first-order chi connectivity index (χ1) is 14.8. The Bertz CT molecular complexity index is 1010. The minimum Gasteiger partial charge on any atom is -0.478 e. The van der Waals surface area contributed by atoms with Gasteiger partial charge in [0.25, 0.3) is 0 Å². The molecule has 0 aromatic heterocycles. The van der Waals surface area contributed by atoms with Crippen molar-refractivity contribution in [1.82, 2.24) is 4.90 Å². The monoisotopic (exact) mass is 510 g/mol. The van der Waals surface area contributed by atoms with Crippen molar-refractivity contribution in [2.45, 2.75) is 31.7 Å². The number of benzene rings is 2. The summed E-state index contributed by atoms with van der Waals surface area (Å²) in [4.78, 5) is 27.3. The summed E-state index contributed by atoms with van der Waals surface area (Å²) in [5, 5.41) is 9.49. The van der Waals surface area contributed by atoms with E-state index in [1.54, 1.807) is 23.1 Å². The van der Waals surface area contributed by atoms with Crippen LogP contribution >= 0.6 is 27.5 Å². The van der Waals surface area contributed by atoms with Crippen molar-refractivity contribution < 1.29 is 23.8 Å². The van der Waals surface area contributed by atoms with Crippen molar-refractivity contribution in [3.05, 3.63) is 62.6 Å². The molecule has 2 saturated heterocycles. The highest BCUT2D eigenvalue weighted by Gasteiger charge is 2.47. The lowest BCUT2D eigenvalue weighted by molar-refractivity contribution is -0.00102. The molecule has 0 unspecified atom stereocenters. The summed E-state index contributed by atoms with van der Waals surface area (Å²) in [6.45, 7) is 1.82. The molecule has 1 N–H and O–H groups in total. The summed E-state index contributed by atoms with van der Waals surface area (Å²) >= 11 is 9.89. The smallest absolute Gasteiger partial charge is 0.415 e. The molecule has 31 heavy (non-hydrogen) atoms. The van der Waals surface area contributed by atoms with Gasteiger partial charge in [-0.1, -0.05) is 33.6 Å². The van der Waals surface area contributed by atoms with E-state index < -0.39 is 24.3 Å². The van der Waals surface area contributed by atoms with Crippen molar-refractivity contribution in [3.8, 4) is 0 Å². The molecule has 1 amide bonds. The number of ether oxygens (including phenoxy) is 1. The SMILES string of the molecule is O=C(O)c1ccc(N2CC3(CCN(Cc4c(Br)ccc(CF)c4Cl)CC3)OC2=O)cc1. The Hall–Kier alpha value is -2.16. The molecule has 2 aromatic rings. The van der Waals surface area contributed by atoms with E-state index in [0.717, 1.165) is 10.0 Å². The predicted octanol–water partition coefficient (Wildman–Crippen LogP) is 5.26. The van der Waals surface area contributed by atoms with Crippen molar-refractivity contribution in [2.75, 3.05) is 24.5 Å². The summed E-state index contributed by atoms with van der Waals surface area (Å²) in [5.41, 5.74) is 1.55. The molecular weight excluding hydrogens is 491 g/mol. The molecule has 2 fully saturated rings. The fourth-order valence-corrected chi connectivity index (χ4v) is 4.95. The number of hydrogen-bond acceptors (Lipinski definition) is 4. The summed E-state index contributed by atoms with van der Waals surface area (Å²) in [6, 6.07) is 9.69. The number of anilines is 1. The minimum atomic E-state index is -1.01. The molecule has 0 bridgehead atoms. The quantitative estimate of drug-likeness (QED) is 0.593. The maximum atomic E-state index is 13.2. The molecule has 4 rings (SSSR count). The van der Waals surface area contributed by atoms with Crippen LogP contribution in [0.3, 0.4) is 0 Å². The Labute approximate surface area is 192 Å². The van der Waals surface area contributed by atoms with Crippen LogP contribution in [-0.4, -0.2) is 47.3 Å². The molecule has 2 aromatic carbocycles. The van der Waals surface area contributed by atoms with Crippen LogP contribution < -0.4 is 4.90 Å². The number of rotatable bonds is 5. The first-order valence-electron chi connectivity index (χ1n) is 9.90. The van der Waals surface area contributed by atoms with Crippen LogP contribution in [0.15, 0.2) is 40.9 Å². The average Bonchev–Trinajstić information content (AvgIpc) is 3.08. The molecule has 0 radical (unpaired) electrons. The van der Waals surface area contributed by atoms with Gasteiger partial charge < -0.3 is 9.84 Å². The normalized spacial score (nSPS) is 18.4. The largest absolute Gasteiger partial charge is 0.478 e. The van der Waals surface area contributed by atoms with Gasteiger partial charge in [-0.25, -0.2) is 14.0 Å². The highest BCUT2D eigenvalue weighted by molar-refractivity contribution is 9.10. The van der Waals surface area contributed by atoms with Gasteiger partial charge in [0.05, 0.1) is 17.1 Å². The Morgan fingerprint density at radius 1 is 1.19 bits per heavy atom. The molecule has 9 heteroatoms. The van der Waals surface area contributed by atoms with Gasteiger partial charge in [-0.05, 0) is 35.9 Å². The number of piperidine rings is 1. The van der Waals surface area contributed by atoms with E-state index in [0.29, 0.717) is 55.3 Å². The van der Waals surface area contributed by atoms with E-state index in [2.05, 4.69) is 20.8 Å². The van der Waals surface area contributed by atoms with Gasteiger partial charge in [-0.15, -0.1) is 0 Å². The summed E-state index contributed by atoms with van der Waals surface area (Å²) in [5.74, 6) is -1.01. The molecule has 164 valence electrons. The molecular formula is C22H21BrClFN2O4. The van der Waals surface area contributed by atoms with Crippen LogP contribution in [0.2, 0.25) is 5.02 Å². The summed E-state index contributed by atoms with van der Waals surface area (Å²) < 4.78 is 19.8. The zero-order valence-corrected chi connectivity index (χ0v) is 19.0. The number of hydrogen-bond donors (Lipinski definition) is 1. The van der Waals surface area contributed by atoms with Crippen LogP contribution in [0.4, 0.5) is 14.9 Å². The Balaban J connectivity index is 1.42. The highest BCUT2D eigenvalue weighted by atomic mass is 79.9. The second-order valence-corrected chi connectivity index (χ2v) is 9.13. The van der Waals surface area contributed by atoms with Gasteiger partial charge in [0.2, 0.25) is 0 Å². The number of carboxylic acid groups (broad SMARTS) is 1. The number of halogens is 3. The first-order valence-corrected chi connectivity index (χ1v) is 11.1. The third-order valence-corrected chi connectivity index (χ3v) is 7.17. The number of alkyl halides is 1. The topological polar surface area (TPSA) is 70.1 Å². The second-order valence-electron chi connectivity index (χ2n) is 7.90. The Kier molecular flexibility index (Phi) is 6.23. The lowest BCUT2D eigenvalue weighted by atomic mass is 9.91.